The smallest absolute Gasteiger partial charge is 0.0783 e. The fraction of sp³-hybridized carbons (Fsp3) is 0.118. The number of aryl methyl sites for hydroxylation is 1. The summed E-state index contributed by atoms with van der Waals surface area (Å²) in [6.07, 6.45) is 1.89. The van der Waals surface area contributed by atoms with E-state index in [1.165, 1.54) is 27.5 Å². The predicted octanol–water partition coefficient (Wildman–Crippen LogP) is 4.52. The van der Waals surface area contributed by atoms with Crippen LogP contribution in [-0.4, -0.2) is 4.98 Å². The molecule has 0 saturated heterocycles. The van der Waals surface area contributed by atoms with Crippen molar-refractivity contribution < 1.29 is 0 Å². The van der Waals surface area contributed by atoms with Crippen LogP contribution in [0.3, 0.4) is 0 Å². The fourth-order valence-electron chi connectivity index (χ4n) is 2.34. The van der Waals surface area contributed by atoms with Gasteiger partial charge in [0.25, 0.3) is 0 Å². The molecule has 0 fully saturated rings. The predicted molar refractivity (Wildman–Crippen MR) is 76.7 cm³/mol. The number of hydrogen-bond acceptors (Lipinski definition) is 1. The van der Waals surface area contributed by atoms with Crippen LogP contribution in [-0.2, 0) is 0 Å². The first-order valence-corrected chi connectivity index (χ1v) is 6.18. The number of pyridine rings is 1. The second-order valence-corrected chi connectivity index (χ2v) is 4.63. The summed E-state index contributed by atoms with van der Waals surface area (Å²) in [5.74, 6) is 0. The van der Waals surface area contributed by atoms with Gasteiger partial charge in [-0.15, -0.1) is 0 Å². The molecular weight excluding hydrogens is 218 g/mol. The first-order valence-electron chi connectivity index (χ1n) is 6.18. The normalized spacial score (nSPS) is 10.8. The van der Waals surface area contributed by atoms with E-state index >= 15 is 0 Å². The summed E-state index contributed by atoms with van der Waals surface area (Å²) >= 11 is 0. The molecule has 0 aliphatic carbocycles. The lowest BCUT2D eigenvalue weighted by molar-refractivity contribution is 1.29. The van der Waals surface area contributed by atoms with Gasteiger partial charge >= 0.3 is 0 Å². The maximum absolute atomic E-state index is 4.58. The molecule has 18 heavy (non-hydrogen) atoms. The lowest BCUT2D eigenvalue weighted by Gasteiger charge is -2.10. The molecule has 0 bridgehead atoms. The van der Waals surface area contributed by atoms with Gasteiger partial charge in [0.15, 0.2) is 0 Å². The molecule has 2 aromatic carbocycles. The minimum atomic E-state index is 1.08. The minimum Gasteiger partial charge on any atom is -0.256 e. The van der Waals surface area contributed by atoms with Crippen molar-refractivity contribution in [1.82, 2.24) is 4.98 Å². The van der Waals surface area contributed by atoms with E-state index in [2.05, 4.69) is 67.4 Å². The molecule has 3 aromatic rings. The summed E-state index contributed by atoms with van der Waals surface area (Å²) in [5.41, 5.74) is 4.92. The zero-order chi connectivity index (χ0) is 12.5. The molecule has 1 nitrogen and oxygen atoms in total. The van der Waals surface area contributed by atoms with E-state index in [9.17, 15) is 0 Å². The maximum atomic E-state index is 4.58. The zero-order valence-corrected chi connectivity index (χ0v) is 10.6. The van der Waals surface area contributed by atoms with Crippen LogP contribution in [0.25, 0.3) is 22.0 Å². The highest BCUT2D eigenvalue weighted by molar-refractivity contribution is 5.95. The fourth-order valence-corrected chi connectivity index (χ4v) is 2.34. The number of benzene rings is 2. The molecule has 0 aliphatic heterocycles. The van der Waals surface area contributed by atoms with Gasteiger partial charge in [-0.3, -0.25) is 4.98 Å². The molecule has 0 saturated carbocycles. The first kappa shape index (κ1) is 11.0. The van der Waals surface area contributed by atoms with Crippen molar-refractivity contribution in [1.29, 1.82) is 0 Å². The highest BCUT2D eigenvalue weighted by atomic mass is 14.7. The summed E-state index contributed by atoms with van der Waals surface area (Å²) in [7, 11) is 0. The number of rotatable bonds is 1. The molecule has 1 heteroatoms. The molecule has 1 aromatic heterocycles. The molecule has 0 N–H and O–H groups in total. The quantitative estimate of drug-likeness (QED) is 0.602. The Balaban J connectivity index is 2.35. The van der Waals surface area contributed by atoms with Crippen LogP contribution in [0.5, 0.6) is 0 Å². The molecule has 0 amide bonds. The van der Waals surface area contributed by atoms with E-state index in [0.717, 1.165) is 5.69 Å². The molecule has 3 rings (SSSR count). The Morgan fingerprint density at radius 1 is 0.833 bits per heavy atom. The third-order valence-corrected chi connectivity index (χ3v) is 3.53. The lowest BCUT2D eigenvalue weighted by atomic mass is 9.97. The van der Waals surface area contributed by atoms with Crippen LogP contribution >= 0.6 is 0 Å². The van der Waals surface area contributed by atoms with Crippen molar-refractivity contribution in [3.8, 4) is 11.3 Å². The Labute approximate surface area is 107 Å². The van der Waals surface area contributed by atoms with Gasteiger partial charge in [-0.2, -0.15) is 0 Å². The van der Waals surface area contributed by atoms with Gasteiger partial charge < -0.3 is 0 Å². The molecule has 0 aliphatic rings. The number of nitrogens with zero attached hydrogens (tertiary/aromatic N) is 1. The average Bonchev–Trinajstić information content (AvgIpc) is 2.41. The van der Waals surface area contributed by atoms with E-state index in [1.54, 1.807) is 0 Å². The molecule has 0 radical (unpaired) electrons. The summed E-state index contributed by atoms with van der Waals surface area (Å²) in [4.78, 5) is 4.58. The van der Waals surface area contributed by atoms with E-state index < -0.39 is 0 Å². The lowest BCUT2D eigenvalue weighted by Crippen LogP contribution is -1.91. The number of hydrogen-bond donors (Lipinski definition) is 0. The summed E-state index contributed by atoms with van der Waals surface area (Å²) in [5, 5.41) is 2.46. The SMILES string of the molecule is Cc1cccc(-c2nccc3ccccc23)c1C. The summed E-state index contributed by atoms with van der Waals surface area (Å²) in [6, 6.07) is 16.9. The summed E-state index contributed by atoms with van der Waals surface area (Å²) < 4.78 is 0. The maximum Gasteiger partial charge on any atom is 0.0783 e. The van der Waals surface area contributed by atoms with Crippen LogP contribution < -0.4 is 0 Å². The highest BCUT2D eigenvalue weighted by Gasteiger charge is 2.08. The Hall–Kier alpha value is -2.15. The topological polar surface area (TPSA) is 12.9 Å². The van der Waals surface area contributed by atoms with Gasteiger partial charge in [-0.1, -0.05) is 42.5 Å². The van der Waals surface area contributed by atoms with Crippen LogP contribution in [0, 0.1) is 13.8 Å². The van der Waals surface area contributed by atoms with Gasteiger partial charge in [0.05, 0.1) is 5.69 Å². The highest BCUT2D eigenvalue weighted by Crippen LogP contribution is 2.29. The van der Waals surface area contributed by atoms with Gasteiger partial charge in [0.2, 0.25) is 0 Å². The third-order valence-electron chi connectivity index (χ3n) is 3.53. The number of aromatic nitrogens is 1. The monoisotopic (exact) mass is 233 g/mol. The van der Waals surface area contributed by atoms with Crippen LogP contribution in [0.4, 0.5) is 0 Å². The Bertz CT molecular complexity index is 708. The molecular formula is C17H15N. The van der Waals surface area contributed by atoms with Gasteiger partial charge in [-0.25, -0.2) is 0 Å². The molecule has 0 spiro atoms. The van der Waals surface area contributed by atoms with Crippen LogP contribution in [0.2, 0.25) is 0 Å². The number of fused-ring (bicyclic) bond motifs is 1. The molecule has 0 unspecified atom stereocenters. The second kappa shape index (κ2) is 4.26. The van der Waals surface area contributed by atoms with E-state index in [4.69, 9.17) is 0 Å². The van der Waals surface area contributed by atoms with Gasteiger partial charge in [-0.05, 0) is 36.4 Å². The van der Waals surface area contributed by atoms with E-state index in [1.807, 2.05) is 6.20 Å². The third kappa shape index (κ3) is 1.68. The zero-order valence-electron chi connectivity index (χ0n) is 10.6. The van der Waals surface area contributed by atoms with Crippen molar-refractivity contribution in [2.75, 3.05) is 0 Å². The van der Waals surface area contributed by atoms with Gasteiger partial charge in [0, 0.05) is 17.1 Å². The van der Waals surface area contributed by atoms with Crippen molar-refractivity contribution in [3.05, 3.63) is 65.9 Å². The van der Waals surface area contributed by atoms with Crippen LogP contribution in [0.1, 0.15) is 11.1 Å². The Morgan fingerprint density at radius 2 is 1.67 bits per heavy atom. The minimum absolute atomic E-state index is 1.08. The second-order valence-electron chi connectivity index (χ2n) is 4.63. The largest absolute Gasteiger partial charge is 0.256 e. The van der Waals surface area contributed by atoms with Crippen molar-refractivity contribution >= 4 is 10.8 Å². The van der Waals surface area contributed by atoms with E-state index in [-0.39, 0.29) is 0 Å². The standard InChI is InChI=1S/C17H15N/c1-12-6-5-9-15(13(12)2)17-16-8-4-3-7-14(16)10-11-18-17/h3-11H,1-2H3. The summed E-state index contributed by atoms with van der Waals surface area (Å²) in [6.45, 7) is 4.30. The average molecular weight is 233 g/mol. The molecule has 88 valence electrons. The molecule has 1 heterocycles. The Morgan fingerprint density at radius 3 is 2.56 bits per heavy atom. The Kier molecular flexibility index (Phi) is 2.60. The van der Waals surface area contributed by atoms with Crippen molar-refractivity contribution in [3.63, 3.8) is 0 Å². The first-order chi connectivity index (χ1) is 8.77. The van der Waals surface area contributed by atoms with Crippen LogP contribution in [0.15, 0.2) is 54.7 Å². The van der Waals surface area contributed by atoms with E-state index in [0.29, 0.717) is 0 Å². The van der Waals surface area contributed by atoms with Gasteiger partial charge in [0.1, 0.15) is 0 Å². The molecule has 0 atom stereocenters. The van der Waals surface area contributed by atoms with Crippen molar-refractivity contribution in [2.24, 2.45) is 0 Å². The van der Waals surface area contributed by atoms with Crippen molar-refractivity contribution in [2.45, 2.75) is 13.8 Å².